The van der Waals surface area contributed by atoms with Crippen LogP contribution in [0.25, 0.3) is 0 Å². The van der Waals surface area contributed by atoms with Gasteiger partial charge in [0.05, 0.1) is 9.79 Å². The topological polar surface area (TPSA) is 144 Å². The van der Waals surface area contributed by atoms with Crippen LogP contribution in [0.5, 0.6) is 0 Å². The van der Waals surface area contributed by atoms with Gasteiger partial charge in [-0.25, -0.2) is 12.4 Å². The lowest BCUT2D eigenvalue weighted by Crippen LogP contribution is -2.28. The SMILES string of the molecule is CC(=O)Nc1ccc(S(=O)(=O)N=c2ccccn2S(=O)(=O)c2ccc(NC(C)=O)cc2)cc1. The molecule has 0 bridgehead atoms. The Bertz CT molecular complexity index is 1470. The average Bonchev–Trinajstić information content (AvgIpc) is 2.74. The number of nitrogens with zero attached hydrogens (tertiary/aromatic N) is 2. The van der Waals surface area contributed by atoms with Crippen LogP contribution in [0, 0.1) is 0 Å². The highest BCUT2D eigenvalue weighted by molar-refractivity contribution is 7.90. The Morgan fingerprint density at radius 1 is 0.727 bits per heavy atom. The van der Waals surface area contributed by atoms with Crippen molar-refractivity contribution >= 4 is 43.2 Å². The normalized spacial score (nSPS) is 12.2. The lowest BCUT2D eigenvalue weighted by molar-refractivity contribution is -0.115. The lowest BCUT2D eigenvalue weighted by atomic mass is 10.3. The number of rotatable bonds is 6. The van der Waals surface area contributed by atoms with Crippen molar-refractivity contribution in [2.75, 3.05) is 10.6 Å². The Morgan fingerprint density at radius 3 is 1.70 bits per heavy atom. The molecule has 0 saturated heterocycles. The fourth-order valence-electron chi connectivity index (χ4n) is 2.81. The number of amides is 2. The highest BCUT2D eigenvalue weighted by Crippen LogP contribution is 2.18. The molecule has 2 aromatic carbocycles. The molecule has 0 atom stereocenters. The smallest absolute Gasteiger partial charge is 0.284 e. The fraction of sp³-hybridized carbons (Fsp3) is 0.0952. The van der Waals surface area contributed by atoms with Gasteiger partial charge in [0.2, 0.25) is 11.8 Å². The van der Waals surface area contributed by atoms with E-state index in [4.69, 9.17) is 0 Å². The maximum atomic E-state index is 13.1. The summed E-state index contributed by atoms with van der Waals surface area (Å²) in [4.78, 5) is 22.0. The summed E-state index contributed by atoms with van der Waals surface area (Å²) in [5.74, 6) is -0.615. The van der Waals surface area contributed by atoms with Crippen molar-refractivity contribution in [3.63, 3.8) is 0 Å². The zero-order chi connectivity index (χ0) is 24.2. The van der Waals surface area contributed by atoms with Crippen molar-refractivity contribution < 1.29 is 26.4 Å². The Balaban J connectivity index is 2.03. The van der Waals surface area contributed by atoms with Gasteiger partial charge in [-0.3, -0.25) is 9.59 Å². The van der Waals surface area contributed by atoms with Crippen LogP contribution in [-0.2, 0) is 29.6 Å². The molecule has 0 fully saturated rings. The Hall–Kier alpha value is -3.77. The number of carbonyl (C=O) groups excluding carboxylic acids is 2. The molecular weight excluding hydrogens is 468 g/mol. The quantitative estimate of drug-likeness (QED) is 0.543. The zero-order valence-electron chi connectivity index (χ0n) is 17.6. The number of benzene rings is 2. The standard InChI is InChI=1S/C21H20N4O6S2/c1-15(26)22-17-6-10-19(11-7-17)32(28,29)24-21-5-3-4-14-25(21)33(30,31)20-12-8-18(9-13-20)23-16(2)27/h3-14H,1-2H3,(H,22,26)(H,23,27). The highest BCUT2D eigenvalue weighted by Gasteiger charge is 2.19. The van der Waals surface area contributed by atoms with E-state index in [2.05, 4.69) is 15.0 Å². The number of hydrogen-bond donors (Lipinski definition) is 2. The average molecular weight is 489 g/mol. The van der Waals surface area contributed by atoms with E-state index in [9.17, 15) is 26.4 Å². The molecule has 2 amide bonds. The summed E-state index contributed by atoms with van der Waals surface area (Å²) >= 11 is 0. The van der Waals surface area contributed by atoms with Crippen LogP contribution in [0.15, 0.2) is 87.1 Å². The maximum absolute atomic E-state index is 13.1. The molecule has 1 heterocycles. The molecule has 12 heteroatoms. The number of carbonyl (C=O) groups is 2. The molecule has 0 aliphatic rings. The molecule has 3 rings (SSSR count). The molecule has 3 aromatic rings. The molecule has 1 aromatic heterocycles. The van der Waals surface area contributed by atoms with E-state index in [1.165, 1.54) is 86.8 Å². The zero-order valence-corrected chi connectivity index (χ0v) is 19.2. The molecule has 0 spiro atoms. The van der Waals surface area contributed by atoms with Gasteiger partial charge in [0.15, 0.2) is 5.49 Å². The van der Waals surface area contributed by atoms with Gasteiger partial charge >= 0.3 is 0 Å². The third-order valence-electron chi connectivity index (χ3n) is 4.22. The van der Waals surface area contributed by atoms with Crippen LogP contribution in [0.1, 0.15) is 13.8 Å². The Kier molecular flexibility index (Phi) is 6.79. The van der Waals surface area contributed by atoms with Crippen LogP contribution in [0.2, 0.25) is 0 Å². The minimum absolute atomic E-state index is 0.124. The van der Waals surface area contributed by atoms with Crippen molar-refractivity contribution in [3.05, 3.63) is 78.4 Å². The first kappa shape index (κ1) is 23.9. The monoisotopic (exact) mass is 488 g/mol. The van der Waals surface area contributed by atoms with Crippen molar-refractivity contribution in [2.45, 2.75) is 23.6 Å². The van der Waals surface area contributed by atoms with E-state index >= 15 is 0 Å². The molecule has 33 heavy (non-hydrogen) atoms. The first-order valence-electron chi connectivity index (χ1n) is 9.49. The van der Waals surface area contributed by atoms with Crippen LogP contribution in [0.3, 0.4) is 0 Å². The van der Waals surface area contributed by atoms with E-state index in [-0.39, 0.29) is 27.1 Å². The number of pyridine rings is 1. The summed E-state index contributed by atoms with van der Waals surface area (Å²) in [6, 6.07) is 14.9. The van der Waals surface area contributed by atoms with Crippen LogP contribution in [-0.4, -0.2) is 32.6 Å². The Labute approximate surface area is 190 Å². The second-order valence-electron chi connectivity index (χ2n) is 6.84. The summed E-state index contributed by atoms with van der Waals surface area (Å²) in [5, 5.41) is 5.06. The molecule has 172 valence electrons. The van der Waals surface area contributed by atoms with Gasteiger partial charge < -0.3 is 10.6 Å². The predicted octanol–water partition coefficient (Wildman–Crippen LogP) is 1.93. The minimum atomic E-state index is -4.26. The van der Waals surface area contributed by atoms with E-state index < -0.39 is 20.0 Å². The molecule has 0 aliphatic carbocycles. The van der Waals surface area contributed by atoms with Crippen LogP contribution < -0.4 is 16.1 Å². The second kappa shape index (κ2) is 9.38. The van der Waals surface area contributed by atoms with Gasteiger partial charge in [-0.05, 0) is 60.7 Å². The van der Waals surface area contributed by atoms with Gasteiger partial charge in [0, 0.05) is 31.4 Å². The summed E-state index contributed by atoms with van der Waals surface area (Å²) < 4.78 is 56.3. The van der Waals surface area contributed by atoms with Gasteiger partial charge in [0.25, 0.3) is 20.0 Å². The van der Waals surface area contributed by atoms with E-state index in [0.717, 1.165) is 3.97 Å². The molecule has 0 aliphatic heterocycles. The van der Waals surface area contributed by atoms with Gasteiger partial charge in [-0.2, -0.15) is 8.42 Å². The van der Waals surface area contributed by atoms with Crippen LogP contribution >= 0.6 is 0 Å². The number of hydrogen-bond acceptors (Lipinski definition) is 6. The number of aromatic nitrogens is 1. The minimum Gasteiger partial charge on any atom is -0.326 e. The van der Waals surface area contributed by atoms with E-state index in [1.54, 1.807) is 0 Å². The van der Waals surface area contributed by atoms with Crippen molar-refractivity contribution in [1.82, 2.24) is 3.97 Å². The third-order valence-corrected chi connectivity index (χ3v) is 7.21. The largest absolute Gasteiger partial charge is 0.326 e. The predicted molar refractivity (Wildman–Crippen MR) is 121 cm³/mol. The fourth-order valence-corrected chi connectivity index (χ4v) is 5.13. The second-order valence-corrected chi connectivity index (χ2v) is 10.3. The summed E-state index contributed by atoms with van der Waals surface area (Å²) in [5.41, 5.74) is 0.491. The summed E-state index contributed by atoms with van der Waals surface area (Å²) in [6.45, 7) is 2.65. The third kappa shape index (κ3) is 5.73. The molecule has 10 nitrogen and oxygen atoms in total. The van der Waals surface area contributed by atoms with Crippen LogP contribution in [0.4, 0.5) is 11.4 Å². The van der Waals surface area contributed by atoms with Gasteiger partial charge in [0.1, 0.15) is 0 Å². The van der Waals surface area contributed by atoms with E-state index in [0.29, 0.717) is 11.4 Å². The first-order chi connectivity index (χ1) is 15.5. The first-order valence-corrected chi connectivity index (χ1v) is 12.4. The lowest BCUT2D eigenvalue weighted by Gasteiger charge is -2.10. The number of sulfonamides is 1. The number of anilines is 2. The van der Waals surface area contributed by atoms with Crippen molar-refractivity contribution in [3.8, 4) is 0 Å². The van der Waals surface area contributed by atoms with E-state index in [1.807, 2.05) is 0 Å². The maximum Gasteiger partial charge on any atom is 0.284 e. The Morgan fingerprint density at radius 2 is 1.21 bits per heavy atom. The summed E-state index contributed by atoms with van der Waals surface area (Å²) in [6.07, 6.45) is 1.19. The molecule has 0 saturated carbocycles. The van der Waals surface area contributed by atoms with Gasteiger partial charge in [-0.1, -0.05) is 6.07 Å². The van der Waals surface area contributed by atoms with Crippen molar-refractivity contribution in [2.24, 2.45) is 4.40 Å². The summed E-state index contributed by atoms with van der Waals surface area (Å²) in [7, 11) is -8.46. The highest BCUT2D eigenvalue weighted by atomic mass is 32.2. The molecule has 0 radical (unpaired) electrons. The number of nitrogens with one attached hydrogen (secondary N) is 2. The molecular formula is C21H20N4O6S2. The van der Waals surface area contributed by atoms with Gasteiger partial charge in [-0.15, -0.1) is 4.40 Å². The molecule has 0 unspecified atom stereocenters. The van der Waals surface area contributed by atoms with Crippen molar-refractivity contribution in [1.29, 1.82) is 0 Å². The molecule has 2 N–H and O–H groups in total.